The summed E-state index contributed by atoms with van der Waals surface area (Å²) < 4.78 is 10.9. The lowest BCUT2D eigenvalue weighted by Gasteiger charge is -2.26. The Kier molecular flexibility index (Phi) is 6.88. The highest BCUT2D eigenvalue weighted by Gasteiger charge is 2.47. The second-order valence-electron chi connectivity index (χ2n) is 9.33. The molecule has 0 saturated carbocycles. The van der Waals surface area contributed by atoms with E-state index in [-0.39, 0.29) is 11.3 Å². The third-order valence-electron chi connectivity index (χ3n) is 6.79. The molecule has 36 heavy (non-hydrogen) atoms. The van der Waals surface area contributed by atoms with Crippen LogP contribution in [0.1, 0.15) is 53.6 Å². The van der Waals surface area contributed by atoms with E-state index in [1.807, 2.05) is 50.2 Å². The molecule has 0 bridgehead atoms. The molecule has 0 spiro atoms. The Labute approximate surface area is 211 Å². The second-order valence-corrected chi connectivity index (χ2v) is 9.33. The quantitative estimate of drug-likeness (QED) is 0.261. The molecule has 1 N–H and O–H groups in total. The zero-order chi connectivity index (χ0) is 26.1. The monoisotopic (exact) mass is 485 g/mol. The van der Waals surface area contributed by atoms with Gasteiger partial charge in [0.25, 0.3) is 11.7 Å². The van der Waals surface area contributed by atoms with Gasteiger partial charge in [0.05, 0.1) is 25.8 Å². The zero-order valence-corrected chi connectivity index (χ0v) is 21.5. The lowest BCUT2D eigenvalue weighted by atomic mass is 9.93. The molecule has 1 amide bonds. The zero-order valence-electron chi connectivity index (χ0n) is 21.5. The second kappa shape index (κ2) is 9.90. The summed E-state index contributed by atoms with van der Waals surface area (Å²) in [6.07, 6.45) is 0. The summed E-state index contributed by atoms with van der Waals surface area (Å²) in [6, 6.07) is 17.4. The van der Waals surface area contributed by atoms with Gasteiger partial charge in [-0.1, -0.05) is 44.2 Å². The number of aryl methyl sites for hydroxylation is 2. The molecule has 6 heteroatoms. The number of benzene rings is 3. The van der Waals surface area contributed by atoms with E-state index < -0.39 is 17.7 Å². The number of anilines is 1. The van der Waals surface area contributed by atoms with Crippen molar-refractivity contribution in [2.45, 2.75) is 39.7 Å². The van der Waals surface area contributed by atoms with Crippen LogP contribution in [0.2, 0.25) is 0 Å². The fourth-order valence-electron chi connectivity index (χ4n) is 4.50. The molecule has 1 aliphatic rings. The number of carbonyl (C=O) groups is 2. The number of methoxy groups -OCH3 is 2. The van der Waals surface area contributed by atoms with Crippen molar-refractivity contribution in [3.63, 3.8) is 0 Å². The summed E-state index contributed by atoms with van der Waals surface area (Å²) in [6.45, 7) is 8.10. The van der Waals surface area contributed by atoms with Crippen LogP contribution in [0, 0.1) is 13.8 Å². The van der Waals surface area contributed by atoms with Crippen LogP contribution in [0.5, 0.6) is 11.5 Å². The van der Waals surface area contributed by atoms with Gasteiger partial charge in [0.15, 0.2) is 11.5 Å². The SMILES string of the molecule is COc1ccc(C2/C(=C(/O)c3ccc(C)c(C)c3)C(=O)C(=O)N2c2ccc(C(C)C)cc2)cc1OC. The molecule has 0 aliphatic carbocycles. The van der Waals surface area contributed by atoms with Crippen LogP contribution in [-0.4, -0.2) is 31.0 Å². The van der Waals surface area contributed by atoms with Gasteiger partial charge in [-0.15, -0.1) is 0 Å². The largest absolute Gasteiger partial charge is 0.507 e. The minimum Gasteiger partial charge on any atom is -0.507 e. The summed E-state index contributed by atoms with van der Waals surface area (Å²) >= 11 is 0. The standard InChI is InChI=1S/C30H31NO5/c1-17(2)20-9-12-23(13-10-20)31-27(21-11-14-24(35-5)25(16-21)36-6)26(29(33)30(31)34)28(32)22-8-7-18(3)19(4)15-22/h7-17,27,32H,1-6H3/b28-26-. The van der Waals surface area contributed by atoms with E-state index in [9.17, 15) is 14.7 Å². The number of aliphatic hydroxyl groups is 1. The molecule has 3 aromatic rings. The minimum atomic E-state index is -0.851. The Morgan fingerprint density at radius 3 is 2.11 bits per heavy atom. The average molecular weight is 486 g/mol. The Morgan fingerprint density at radius 1 is 0.861 bits per heavy atom. The Hall–Kier alpha value is -4.06. The van der Waals surface area contributed by atoms with Gasteiger partial charge in [0, 0.05) is 11.3 Å². The maximum Gasteiger partial charge on any atom is 0.300 e. The highest BCUT2D eigenvalue weighted by molar-refractivity contribution is 6.51. The molecule has 1 heterocycles. The normalized spacial score (nSPS) is 17.1. The van der Waals surface area contributed by atoms with Gasteiger partial charge in [-0.25, -0.2) is 0 Å². The van der Waals surface area contributed by atoms with Gasteiger partial charge < -0.3 is 14.6 Å². The number of nitrogens with zero attached hydrogens (tertiary/aromatic N) is 1. The number of rotatable bonds is 6. The summed E-state index contributed by atoms with van der Waals surface area (Å²) in [5.74, 6) is -0.343. The number of ether oxygens (including phenoxy) is 2. The van der Waals surface area contributed by atoms with Gasteiger partial charge >= 0.3 is 0 Å². The first kappa shape index (κ1) is 25.0. The molecule has 1 atom stereocenters. The van der Waals surface area contributed by atoms with Crippen molar-refractivity contribution in [3.8, 4) is 11.5 Å². The number of aliphatic hydroxyl groups excluding tert-OH is 1. The summed E-state index contributed by atoms with van der Waals surface area (Å²) in [5.41, 5.74) is 4.85. The molecule has 1 fully saturated rings. The highest BCUT2D eigenvalue weighted by Crippen LogP contribution is 2.44. The van der Waals surface area contributed by atoms with Gasteiger partial charge in [-0.2, -0.15) is 0 Å². The van der Waals surface area contributed by atoms with Gasteiger partial charge in [0.2, 0.25) is 0 Å². The van der Waals surface area contributed by atoms with Gasteiger partial charge in [0.1, 0.15) is 5.76 Å². The number of ketones is 1. The highest BCUT2D eigenvalue weighted by atomic mass is 16.5. The van der Waals surface area contributed by atoms with E-state index >= 15 is 0 Å². The topological polar surface area (TPSA) is 76.1 Å². The first-order valence-corrected chi connectivity index (χ1v) is 11.9. The van der Waals surface area contributed by atoms with E-state index in [4.69, 9.17) is 9.47 Å². The van der Waals surface area contributed by atoms with E-state index in [0.29, 0.717) is 34.2 Å². The lowest BCUT2D eigenvalue weighted by Crippen LogP contribution is -2.29. The fourth-order valence-corrected chi connectivity index (χ4v) is 4.50. The molecule has 186 valence electrons. The molecular weight excluding hydrogens is 454 g/mol. The van der Waals surface area contributed by atoms with Crippen molar-refractivity contribution in [1.29, 1.82) is 0 Å². The first-order chi connectivity index (χ1) is 17.2. The number of carbonyl (C=O) groups excluding carboxylic acids is 2. The van der Waals surface area contributed by atoms with Crippen molar-refractivity contribution < 1.29 is 24.2 Å². The maximum absolute atomic E-state index is 13.4. The maximum atomic E-state index is 13.4. The molecule has 4 rings (SSSR count). The average Bonchev–Trinajstić information content (AvgIpc) is 3.15. The van der Waals surface area contributed by atoms with Crippen molar-refractivity contribution in [1.82, 2.24) is 0 Å². The van der Waals surface area contributed by atoms with Crippen molar-refractivity contribution in [3.05, 3.63) is 94.1 Å². The molecule has 0 radical (unpaired) electrons. The van der Waals surface area contributed by atoms with Crippen LogP contribution in [0.25, 0.3) is 5.76 Å². The molecule has 6 nitrogen and oxygen atoms in total. The molecule has 1 aliphatic heterocycles. The lowest BCUT2D eigenvalue weighted by molar-refractivity contribution is -0.132. The van der Waals surface area contributed by atoms with Gasteiger partial charge in [-0.3, -0.25) is 14.5 Å². The van der Waals surface area contributed by atoms with Crippen LogP contribution in [0.3, 0.4) is 0 Å². The molecule has 3 aromatic carbocycles. The molecule has 1 unspecified atom stereocenters. The number of amides is 1. The Bertz CT molecular complexity index is 1350. The predicted molar refractivity (Wildman–Crippen MR) is 141 cm³/mol. The summed E-state index contributed by atoms with van der Waals surface area (Å²) in [5, 5.41) is 11.4. The molecular formula is C30H31NO5. The third-order valence-corrected chi connectivity index (χ3v) is 6.79. The Morgan fingerprint density at radius 2 is 1.53 bits per heavy atom. The van der Waals surface area contributed by atoms with Crippen LogP contribution in [-0.2, 0) is 9.59 Å². The predicted octanol–water partition coefficient (Wildman–Crippen LogP) is 6.07. The van der Waals surface area contributed by atoms with E-state index in [0.717, 1.165) is 16.7 Å². The van der Waals surface area contributed by atoms with Gasteiger partial charge in [-0.05, 0) is 72.4 Å². The minimum absolute atomic E-state index is 0.0309. The summed E-state index contributed by atoms with van der Waals surface area (Å²) in [4.78, 5) is 28.3. The first-order valence-electron chi connectivity index (χ1n) is 11.9. The van der Waals surface area contributed by atoms with E-state index in [1.54, 1.807) is 31.4 Å². The Balaban J connectivity index is 1.95. The van der Waals surface area contributed by atoms with Crippen LogP contribution in [0.4, 0.5) is 5.69 Å². The van der Waals surface area contributed by atoms with Crippen LogP contribution < -0.4 is 14.4 Å². The van der Waals surface area contributed by atoms with E-state index in [2.05, 4.69) is 13.8 Å². The number of Topliss-reactive ketones (excluding diaryl/α,β-unsaturated/α-hetero) is 1. The fraction of sp³-hybridized carbons (Fsp3) is 0.267. The van der Waals surface area contributed by atoms with Crippen molar-refractivity contribution in [2.75, 3.05) is 19.1 Å². The number of hydrogen-bond donors (Lipinski definition) is 1. The van der Waals surface area contributed by atoms with Crippen LogP contribution >= 0.6 is 0 Å². The van der Waals surface area contributed by atoms with Crippen molar-refractivity contribution >= 4 is 23.1 Å². The van der Waals surface area contributed by atoms with Crippen molar-refractivity contribution in [2.24, 2.45) is 0 Å². The smallest absolute Gasteiger partial charge is 0.300 e. The van der Waals surface area contributed by atoms with E-state index in [1.165, 1.54) is 12.0 Å². The third kappa shape index (κ3) is 4.35. The summed E-state index contributed by atoms with van der Waals surface area (Å²) in [7, 11) is 3.07. The molecule has 1 saturated heterocycles. The molecule has 0 aromatic heterocycles. The van der Waals surface area contributed by atoms with Crippen LogP contribution in [0.15, 0.2) is 66.2 Å². The number of hydrogen-bond acceptors (Lipinski definition) is 5.